The van der Waals surface area contributed by atoms with Gasteiger partial charge in [0.25, 0.3) is 0 Å². The van der Waals surface area contributed by atoms with Crippen LogP contribution in [-0.4, -0.2) is 47.5 Å². The van der Waals surface area contributed by atoms with Crippen molar-refractivity contribution in [3.63, 3.8) is 0 Å². The minimum absolute atomic E-state index is 0.0153. The van der Waals surface area contributed by atoms with E-state index in [0.717, 1.165) is 11.6 Å². The van der Waals surface area contributed by atoms with Crippen molar-refractivity contribution in [2.24, 2.45) is 0 Å². The zero-order valence-electron chi connectivity index (χ0n) is 14.6. The summed E-state index contributed by atoms with van der Waals surface area (Å²) < 4.78 is 45.3. The Balaban J connectivity index is 1.46. The van der Waals surface area contributed by atoms with Crippen molar-refractivity contribution in [3.8, 4) is 0 Å². The van der Waals surface area contributed by atoms with Gasteiger partial charge in [0.05, 0.1) is 12.1 Å². The highest BCUT2D eigenvalue weighted by Crippen LogP contribution is 2.26. The Bertz CT molecular complexity index is 844. The van der Waals surface area contributed by atoms with Crippen molar-refractivity contribution in [1.82, 2.24) is 9.80 Å². The second kappa shape index (κ2) is 7.32. The van der Waals surface area contributed by atoms with Crippen LogP contribution >= 0.6 is 0 Å². The molecule has 2 saturated heterocycles. The van der Waals surface area contributed by atoms with Crippen molar-refractivity contribution in [2.45, 2.75) is 25.2 Å². The summed E-state index contributed by atoms with van der Waals surface area (Å²) in [4.78, 5) is 16.2. The zero-order chi connectivity index (χ0) is 19.0. The van der Waals surface area contributed by atoms with Gasteiger partial charge in [-0.3, -0.25) is 9.69 Å². The van der Waals surface area contributed by atoms with Crippen LogP contribution in [0, 0.1) is 17.5 Å². The van der Waals surface area contributed by atoms with Crippen LogP contribution in [0.5, 0.6) is 0 Å². The number of amides is 1. The molecule has 0 spiro atoms. The van der Waals surface area contributed by atoms with Crippen LogP contribution in [0.1, 0.15) is 11.1 Å². The van der Waals surface area contributed by atoms with E-state index in [-0.39, 0.29) is 30.5 Å². The molecule has 2 aliphatic rings. The maximum absolute atomic E-state index is 13.4. The van der Waals surface area contributed by atoms with E-state index < -0.39 is 11.6 Å². The van der Waals surface area contributed by atoms with E-state index in [1.807, 2.05) is 0 Å². The van der Waals surface area contributed by atoms with E-state index in [9.17, 15) is 18.0 Å². The SMILES string of the molecule is O=C1CO[C@H]2CN(Cc3ccc(F)c(F)c3)C[C@H]2N1Cc1ccc(F)cc1. The van der Waals surface area contributed by atoms with Crippen LogP contribution in [0.3, 0.4) is 0 Å². The molecule has 0 aliphatic carbocycles. The molecule has 0 saturated carbocycles. The number of halogens is 3. The number of likely N-dealkylation sites (tertiary alicyclic amines) is 1. The topological polar surface area (TPSA) is 32.8 Å². The Morgan fingerprint density at radius 2 is 1.67 bits per heavy atom. The zero-order valence-corrected chi connectivity index (χ0v) is 14.6. The number of rotatable bonds is 4. The van der Waals surface area contributed by atoms with E-state index in [0.29, 0.717) is 31.7 Å². The molecule has 142 valence electrons. The minimum Gasteiger partial charge on any atom is -0.365 e. The number of carbonyl (C=O) groups is 1. The summed E-state index contributed by atoms with van der Waals surface area (Å²) in [5, 5.41) is 0. The van der Waals surface area contributed by atoms with Crippen LogP contribution in [-0.2, 0) is 22.6 Å². The van der Waals surface area contributed by atoms with E-state index in [1.54, 1.807) is 23.1 Å². The number of fused-ring (bicyclic) bond motifs is 1. The molecule has 4 rings (SSSR count). The standard InChI is InChI=1S/C20H19F3N2O2/c21-15-4-1-13(2-5-15)9-25-18-10-24(11-19(18)27-12-20(25)26)8-14-3-6-16(22)17(23)7-14/h1-7,18-19H,8-12H2/t18-,19+/m1/s1. The molecule has 0 unspecified atom stereocenters. The van der Waals surface area contributed by atoms with Gasteiger partial charge in [-0.05, 0) is 35.4 Å². The van der Waals surface area contributed by atoms with Crippen molar-refractivity contribution < 1.29 is 22.7 Å². The molecule has 2 aromatic carbocycles. The highest BCUT2D eigenvalue weighted by molar-refractivity contribution is 5.78. The lowest BCUT2D eigenvalue weighted by Crippen LogP contribution is -2.53. The van der Waals surface area contributed by atoms with E-state index >= 15 is 0 Å². The summed E-state index contributed by atoms with van der Waals surface area (Å²) in [5.41, 5.74) is 1.52. The second-order valence-electron chi connectivity index (χ2n) is 7.01. The molecular weight excluding hydrogens is 357 g/mol. The van der Waals surface area contributed by atoms with Gasteiger partial charge in [-0.2, -0.15) is 0 Å². The fourth-order valence-electron chi connectivity index (χ4n) is 3.76. The number of morpholine rings is 1. The van der Waals surface area contributed by atoms with Gasteiger partial charge >= 0.3 is 0 Å². The van der Waals surface area contributed by atoms with Crippen molar-refractivity contribution >= 4 is 5.91 Å². The average Bonchev–Trinajstić information content (AvgIpc) is 3.05. The number of ether oxygens (including phenoxy) is 1. The largest absolute Gasteiger partial charge is 0.365 e. The predicted molar refractivity (Wildman–Crippen MR) is 92.1 cm³/mol. The first-order chi connectivity index (χ1) is 13.0. The highest BCUT2D eigenvalue weighted by atomic mass is 19.2. The van der Waals surface area contributed by atoms with Crippen LogP contribution in [0.2, 0.25) is 0 Å². The molecule has 2 atom stereocenters. The molecule has 2 aliphatic heterocycles. The van der Waals surface area contributed by atoms with Crippen molar-refractivity contribution in [1.29, 1.82) is 0 Å². The Morgan fingerprint density at radius 3 is 2.41 bits per heavy atom. The molecule has 27 heavy (non-hydrogen) atoms. The van der Waals surface area contributed by atoms with E-state index in [4.69, 9.17) is 4.74 Å². The first kappa shape index (κ1) is 18.0. The van der Waals surface area contributed by atoms with Crippen LogP contribution in [0.25, 0.3) is 0 Å². The molecule has 2 heterocycles. The third-order valence-electron chi connectivity index (χ3n) is 5.11. The molecule has 1 amide bonds. The lowest BCUT2D eigenvalue weighted by molar-refractivity contribution is -0.153. The number of hydrogen-bond donors (Lipinski definition) is 0. The maximum atomic E-state index is 13.4. The van der Waals surface area contributed by atoms with Gasteiger partial charge in [-0.1, -0.05) is 18.2 Å². The lowest BCUT2D eigenvalue weighted by Gasteiger charge is -2.36. The molecule has 0 aromatic heterocycles. The molecule has 2 fully saturated rings. The number of carbonyl (C=O) groups excluding carboxylic acids is 1. The molecule has 0 bridgehead atoms. The third kappa shape index (κ3) is 3.84. The summed E-state index contributed by atoms with van der Waals surface area (Å²) in [5.74, 6) is -2.15. The average molecular weight is 376 g/mol. The van der Waals surface area contributed by atoms with Gasteiger partial charge in [-0.15, -0.1) is 0 Å². The van der Waals surface area contributed by atoms with Crippen LogP contribution in [0.15, 0.2) is 42.5 Å². The molecular formula is C20H19F3N2O2. The number of benzene rings is 2. The molecule has 0 radical (unpaired) electrons. The molecule has 4 nitrogen and oxygen atoms in total. The summed E-state index contributed by atoms with van der Waals surface area (Å²) >= 11 is 0. The van der Waals surface area contributed by atoms with Gasteiger partial charge in [0.15, 0.2) is 11.6 Å². The lowest BCUT2D eigenvalue weighted by atomic mass is 10.1. The molecule has 7 heteroatoms. The van der Waals surface area contributed by atoms with Gasteiger partial charge in [0, 0.05) is 26.2 Å². The van der Waals surface area contributed by atoms with Crippen LogP contribution < -0.4 is 0 Å². The van der Waals surface area contributed by atoms with Gasteiger partial charge in [0.1, 0.15) is 12.4 Å². The van der Waals surface area contributed by atoms with Crippen molar-refractivity contribution in [2.75, 3.05) is 19.7 Å². The van der Waals surface area contributed by atoms with Gasteiger partial charge in [-0.25, -0.2) is 13.2 Å². The highest BCUT2D eigenvalue weighted by Gasteiger charge is 2.43. The smallest absolute Gasteiger partial charge is 0.249 e. The number of nitrogens with zero attached hydrogens (tertiary/aromatic N) is 2. The van der Waals surface area contributed by atoms with Gasteiger partial charge < -0.3 is 9.64 Å². The first-order valence-corrected chi connectivity index (χ1v) is 8.81. The normalized spacial score (nSPS) is 22.9. The Kier molecular flexibility index (Phi) is 4.88. The monoisotopic (exact) mass is 376 g/mol. The Labute approximate surface area is 155 Å². The summed E-state index contributed by atoms with van der Waals surface area (Å²) in [6.45, 7) is 2.05. The third-order valence-corrected chi connectivity index (χ3v) is 5.11. The maximum Gasteiger partial charge on any atom is 0.249 e. The second-order valence-corrected chi connectivity index (χ2v) is 7.01. The quantitative estimate of drug-likeness (QED) is 0.823. The fraction of sp³-hybridized carbons (Fsp3) is 0.350. The summed E-state index contributed by atoms with van der Waals surface area (Å²) in [6, 6.07) is 9.84. The van der Waals surface area contributed by atoms with Crippen LogP contribution in [0.4, 0.5) is 13.2 Å². The number of hydrogen-bond acceptors (Lipinski definition) is 3. The first-order valence-electron chi connectivity index (χ1n) is 8.81. The molecule has 0 N–H and O–H groups in total. The Morgan fingerprint density at radius 1 is 0.926 bits per heavy atom. The summed E-state index contributed by atoms with van der Waals surface area (Å²) in [6.07, 6.45) is -0.131. The summed E-state index contributed by atoms with van der Waals surface area (Å²) in [7, 11) is 0. The van der Waals surface area contributed by atoms with E-state index in [1.165, 1.54) is 18.2 Å². The van der Waals surface area contributed by atoms with E-state index in [2.05, 4.69) is 4.90 Å². The molecule has 2 aromatic rings. The fourth-order valence-corrected chi connectivity index (χ4v) is 3.76. The van der Waals surface area contributed by atoms with Crippen molar-refractivity contribution in [3.05, 3.63) is 71.0 Å². The predicted octanol–water partition coefficient (Wildman–Crippen LogP) is 2.72. The Hall–Kier alpha value is -2.38. The minimum atomic E-state index is -0.867. The van der Waals surface area contributed by atoms with Gasteiger partial charge in [0.2, 0.25) is 5.91 Å².